The summed E-state index contributed by atoms with van der Waals surface area (Å²) in [7, 11) is 0. The minimum Gasteiger partial charge on any atom is -0.395 e. The molecule has 0 spiro atoms. The average Bonchev–Trinajstić information content (AvgIpc) is 2.40. The molecule has 1 aliphatic rings. The van der Waals surface area contributed by atoms with E-state index in [4.69, 9.17) is 5.11 Å². The number of nitrogens with one attached hydrogen (secondary N) is 2. The van der Waals surface area contributed by atoms with Crippen LogP contribution < -0.4 is 10.9 Å². The lowest BCUT2D eigenvalue weighted by Crippen LogP contribution is -2.30. The lowest BCUT2D eigenvalue weighted by molar-refractivity contribution is -0.120. The van der Waals surface area contributed by atoms with Crippen molar-refractivity contribution in [3.63, 3.8) is 0 Å². The maximum atomic E-state index is 11.6. The molecular formula is C12H17N3O3. The fourth-order valence-corrected chi connectivity index (χ4v) is 2.28. The van der Waals surface area contributed by atoms with Crippen molar-refractivity contribution in [2.45, 2.75) is 32.1 Å². The van der Waals surface area contributed by atoms with Crippen LogP contribution in [0.5, 0.6) is 0 Å². The zero-order valence-electron chi connectivity index (χ0n) is 10.2. The van der Waals surface area contributed by atoms with Gasteiger partial charge in [0, 0.05) is 12.1 Å². The van der Waals surface area contributed by atoms with Crippen molar-refractivity contribution in [3.05, 3.63) is 27.2 Å². The van der Waals surface area contributed by atoms with Crippen LogP contribution in [-0.4, -0.2) is 34.4 Å². The van der Waals surface area contributed by atoms with Crippen molar-refractivity contribution >= 4 is 5.91 Å². The van der Waals surface area contributed by atoms with E-state index in [0.717, 1.165) is 36.8 Å². The Morgan fingerprint density at radius 3 is 2.78 bits per heavy atom. The Morgan fingerprint density at radius 2 is 2.06 bits per heavy atom. The van der Waals surface area contributed by atoms with E-state index in [1.54, 1.807) is 0 Å². The first kappa shape index (κ1) is 12.8. The number of H-pyrrole nitrogens is 1. The first-order valence-electron chi connectivity index (χ1n) is 6.19. The molecule has 6 nitrogen and oxygen atoms in total. The molecule has 0 aliphatic heterocycles. The van der Waals surface area contributed by atoms with E-state index in [0.29, 0.717) is 5.69 Å². The van der Waals surface area contributed by atoms with Gasteiger partial charge in [-0.15, -0.1) is 0 Å². The van der Waals surface area contributed by atoms with Gasteiger partial charge in [-0.1, -0.05) is 0 Å². The summed E-state index contributed by atoms with van der Waals surface area (Å²) in [5.74, 6) is -0.184. The molecule has 6 heteroatoms. The Bertz CT molecular complexity index is 496. The van der Waals surface area contributed by atoms with Crippen LogP contribution in [0.2, 0.25) is 0 Å². The Hall–Kier alpha value is -1.69. The lowest BCUT2D eigenvalue weighted by atomic mass is 9.91. The van der Waals surface area contributed by atoms with E-state index in [2.05, 4.69) is 15.5 Å². The molecule has 0 atom stereocenters. The zero-order valence-corrected chi connectivity index (χ0v) is 10.2. The quantitative estimate of drug-likeness (QED) is 0.659. The maximum Gasteiger partial charge on any atom is 0.267 e. The number of amides is 1. The van der Waals surface area contributed by atoms with E-state index in [9.17, 15) is 9.59 Å². The fraction of sp³-hybridized carbons (Fsp3) is 0.583. The van der Waals surface area contributed by atoms with Crippen molar-refractivity contribution in [3.8, 4) is 0 Å². The molecule has 0 radical (unpaired) electrons. The van der Waals surface area contributed by atoms with Crippen molar-refractivity contribution < 1.29 is 9.90 Å². The predicted molar refractivity (Wildman–Crippen MR) is 65.3 cm³/mol. The number of aromatic nitrogens is 2. The van der Waals surface area contributed by atoms with Gasteiger partial charge < -0.3 is 10.4 Å². The number of carbonyl (C=O) groups excluding carboxylic acids is 1. The number of hydrogen-bond donors (Lipinski definition) is 3. The SMILES string of the molecule is O=C(Cc1n[nH]c(=O)c2c1CCCC2)NCCO. The Balaban J connectivity index is 2.18. The Kier molecular flexibility index (Phi) is 4.09. The number of aliphatic hydroxyl groups is 1. The minimum absolute atomic E-state index is 0.0805. The van der Waals surface area contributed by atoms with Crippen molar-refractivity contribution in [2.24, 2.45) is 0 Å². The molecule has 0 unspecified atom stereocenters. The van der Waals surface area contributed by atoms with E-state index in [1.807, 2.05) is 0 Å². The van der Waals surface area contributed by atoms with Gasteiger partial charge in [0.05, 0.1) is 18.7 Å². The third-order valence-corrected chi connectivity index (χ3v) is 3.14. The number of carbonyl (C=O) groups is 1. The van der Waals surface area contributed by atoms with Gasteiger partial charge in [-0.3, -0.25) is 9.59 Å². The third-order valence-electron chi connectivity index (χ3n) is 3.14. The van der Waals surface area contributed by atoms with Gasteiger partial charge in [0.1, 0.15) is 0 Å². The van der Waals surface area contributed by atoms with Gasteiger partial charge in [0.15, 0.2) is 0 Å². The normalized spacial score (nSPS) is 14.1. The second-order valence-electron chi connectivity index (χ2n) is 4.41. The molecule has 0 bridgehead atoms. The first-order chi connectivity index (χ1) is 8.72. The molecule has 0 fully saturated rings. The number of aliphatic hydroxyl groups excluding tert-OH is 1. The molecule has 1 aromatic rings. The molecule has 98 valence electrons. The summed E-state index contributed by atoms with van der Waals surface area (Å²) < 4.78 is 0. The van der Waals surface area contributed by atoms with Crippen LogP contribution in [0.3, 0.4) is 0 Å². The molecule has 0 saturated carbocycles. The standard InChI is InChI=1S/C12H17N3O3/c16-6-5-13-11(17)7-10-8-3-1-2-4-9(8)12(18)15-14-10/h16H,1-7H2,(H,13,17)(H,15,18). The van der Waals surface area contributed by atoms with Crippen LogP contribution in [-0.2, 0) is 24.1 Å². The summed E-state index contributed by atoms with van der Waals surface area (Å²) in [6, 6.07) is 0. The second kappa shape index (κ2) is 5.77. The molecular weight excluding hydrogens is 234 g/mol. The number of aromatic amines is 1. The van der Waals surface area contributed by atoms with E-state index in [1.165, 1.54) is 0 Å². The van der Waals surface area contributed by atoms with Gasteiger partial charge in [0.25, 0.3) is 5.56 Å². The Labute approximate surface area is 104 Å². The molecule has 0 saturated heterocycles. The van der Waals surface area contributed by atoms with Crippen LogP contribution in [0.15, 0.2) is 4.79 Å². The highest BCUT2D eigenvalue weighted by Gasteiger charge is 2.19. The van der Waals surface area contributed by atoms with E-state index in [-0.39, 0.29) is 31.0 Å². The first-order valence-corrected chi connectivity index (χ1v) is 6.19. The predicted octanol–water partition coefficient (Wildman–Crippen LogP) is -0.700. The molecule has 2 rings (SSSR count). The van der Waals surface area contributed by atoms with Gasteiger partial charge in [-0.2, -0.15) is 5.10 Å². The summed E-state index contributed by atoms with van der Waals surface area (Å²) in [5, 5.41) is 17.6. The maximum absolute atomic E-state index is 11.6. The third kappa shape index (κ3) is 2.76. The average molecular weight is 251 g/mol. The zero-order chi connectivity index (χ0) is 13.0. The topological polar surface area (TPSA) is 95.1 Å². The number of hydrogen-bond acceptors (Lipinski definition) is 4. The summed E-state index contributed by atoms with van der Waals surface area (Å²) >= 11 is 0. The van der Waals surface area contributed by atoms with E-state index >= 15 is 0 Å². The van der Waals surface area contributed by atoms with Crippen LogP contribution in [0.1, 0.15) is 29.7 Å². The van der Waals surface area contributed by atoms with Crippen molar-refractivity contribution in [1.29, 1.82) is 0 Å². The molecule has 1 aliphatic carbocycles. The molecule has 3 N–H and O–H groups in total. The number of rotatable bonds is 4. The van der Waals surface area contributed by atoms with Crippen LogP contribution in [0, 0.1) is 0 Å². The number of nitrogens with zero attached hydrogens (tertiary/aromatic N) is 1. The highest BCUT2D eigenvalue weighted by molar-refractivity contribution is 5.78. The van der Waals surface area contributed by atoms with Crippen LogP contribution >= 0.6 is 0 Å². The molecule has 0 aromatic carbocycles. The highest BCUT2D eigenvalue weighted by atomic mass is 16.3. The lowest BCUT2D eigenvalue weighted by Gasteiger charge is -2.17. The molecule has 1 amide bonds. The fourth-order valence-electron chi connectivity index (χ4n) is 2.28. The second-order valence-corrected chi connectivity index (χ2v) is 4.41. The summed E-state index contributed by atoms with van der Waals surface area (Å²) in [6.45, 7) is 0.160. The summed E-state index contributed by atoms with van der Waals surface area (Å²) in [5.41, 5.74) is 2.23. The molecule has 1 aromatic heterocycles. The van der Waals surface area contributed by atoms with Crippen LogP contribution in [0.4, 0.5) is 0 Å². The molecule has 18 heavy (non-hydrogen) atoms. The summed E-state index contributed by atoms with van der Waals surface area (Å²) in [4.78, 5) is 23.2. The van der Waals surface area contributed by atoms with Gasteiger partial charge in [-0.25, -0.2) is 5.10 Å². The van der Waals surface area contributed by atoms with Crippen LogP contribution in [0.25, 0.3) is 0 Å². The summed E-state index contributed by atoms with van der Waals surface area (Å²) in [6.07, 6.45) is 3.77. The molecule has 1 heterocycles. The van der Waals surface area contributed by atoms with Gasteiger partial charge >= 0.3 is 0 Å². The van der Waals surface area contributed by atoms with Crippen molar-refractivity contribution in [1.82, 2.24) is 15.5 Å². The Morgan fingerprint density at radius 1 is 1.33 bits per heavy atom. The smallest absolute Gasteiger partial charge is 0.267 e. The number of fused-ring (bicyclic) bond motifs is 1. The van der Waals surface area contributed by atoms with Gasteiger partial charge in [-0.05, 0) is 31.2 Å². The largest absolute Gasteiger partial charge is 0.395 e. The van der Waals surface area contributed by atoms with Crippen molar-refractivity contribution in [2.75, 3.05) is 13.2 Å². The van der Waals surface area contributed by atoms with E-state index < -0.39 is 0 Å². The minimum atomic E-state index is -0.184. The van der Waals surface area contributed by atoms with Gasteiger partial charge in [0.2, 0.25) is 5.91 Å². The highest BCUT2D eigenvalue weighted by Crippen LogP contribution is 2.20. The monoisotopic (exact) mass is 251 g/mol.